The lowest BCUT2D eigenvalue weighted by molar-refractivity contribution is -0.115. The summed E-state index contributed by atoms with van der Waals surface area (Å²) in [7, 11) is 0. The molecule has 4 aliphatic heterocycles. The molecule has 0 aliphatic carbocycles. The van der Waals surface area contributed by atoms with Crippen molar-refractivity contribution in [3.8, 4) is 0 Å². The number of fused-ring (bicyclic) bond motifs is 4. The molecule has 0 saturated carbocycles. The van der Waals surface area contributed by atoms with E-state index in [2.05, 4.69) is 94.0 Å². The summed E-state index contributed by atoms with van der Waals surface area (Å²) in [5, 5.41) is 12.9. The minimum atomic E-state index is 0.0269. The maximum atomic E-state index is 11.6. The lowest BCUT2D eigenvalue weighted by Crippen LogP contribution is -2.47. The summed E-state index contributed by atoms with van der Waals surface area (Å²) in [5.74, 6) is 2.91. The molecule has 0 unspecified atom stereocenters. The minimum absolute atomic E-state index is 0.0269. The number of alkyl halides is 1. The van der Waals surface area contributed by atoms with Crippen LogP contribution in [0.3, 0.4) is 0 Å². The van der Waals surface area contributed by atoms with Gasteiger partial charge < -0.3 is 25.8 Å². The van der Waals surface area contributed by atoms with Gasteiger partial charge in [-0.05, 0) is 94.6 Å². The van der Waals surface area contributed by atoms with Gasteiger partial charge in [-0.3, -0.25) is 14.5 Å². The first-order valence-electron chi connectivity index (χ1n) is 19.2. The van der Waals surface area contributed by atoms with Gasteiger partial charge in [-0.1, -0.05) is 59.6 Å². The highest BCUT2D eigenvalue weighted by atomic mass is 35.5. The van der Waals surface area contributed by atoms with Crippen molar-refractivity contribution < 1.29 is 9.59 Å². The highest BCUT2D eigenvalue weighted by molar-refractivity contribution is 7.14. The highest BCUT2D eigenvalue weighted by Gasteiger charge is 2.23. The molecular weight excluding hydrogens is 819 g/mol. The van der Waals surface area contributed by atoms with Crippen molar-refractivity contribution in [1.29, 1.82) is 0 Å². The van der Waals surface area contributed by atoms with Crippen molar-refractivity contribution in [2.45, 2.75) is 25.7 Å². The molecule has 296 valence electrons. The second kappa shape index (κ2) is 18.3. The fourth-order valence-electron chi connectivity index (χ4n) is 7.62. The molecule has 2 saturated heterocycles. The molecular formula is C42H43Cl3N8O2S2. The van der Waals surface area contributed by atoms with Crippen molar-refractivity contribution in [2.24, 2.45) is 0 Å². The third kappa shape index (κ3) is 9.33. The van der Waals surface area contributed by atoms with Crippen molar-refractivity contribution in [1.82, 2.24) is 19.0 Å². The molecule has 3 N–H and O–H groups in total. The number of carbonyl (C=O) groups excluding carboxylic acids is 2. The van der Waals surface area contributed by atoms with Crippen LogP contribution in [0.2, 0.25) is 10.0 Å². The second-order valence-electron chi connectivity index (χ2n) is 14.4. The molecule has 6 aromatic rings. The van der Waals surface area contributed by atoms with E-state index in [1.165, 1.54) is 20.2 Å². The number of benzene rings is 4. The Balaban J connectivity index is 0.000000132. The van der Waals surface area contributed by atoms with Gasteiger partial charge in [-0.25, -0.2) is 0 Å². The minimum Gasteiger partial charge on any atom is -0.353 e. The number of halogens is 3. The van der Waals surface area contributed by atoms with Gasteiger partial charge in [0.15, 0.2) is 0 Å². The Morgan fingerprint density at radius 1 is 0.632 bits per heavy atom. The number of hydrogen-bond acceptors (Lipinski definition) is 10. The first kappa shape index (κ1) is 39.8. The van der Waals surface area contributed by atoms with Crippen LogP contribution >= 0.6 is 57.9 Å². The summed E-state index contributed by atoms with van der Waals surface area (Å²) in [6.45, 7) is 9.25. The third-order valence-corrected chi connectivity index (χ3v) is 13.2. The summed E-state index contributed by atoms with van der Waals surface area (Å²) in [5.41, 5.74) is 5.91. The van der Waals surface area contributed by atoms with Crippen LogP contribution in [0.25, 0.3) is 20.2 Å². The van der Waals surface area contributed by atoms with Gasteiger partial charge in [-0.2, -0.15) is 8.75 Å². The Bertz CT molecular complexity index is 2390. The second-order valence-corrected chi connectivity index (χ2v) is 17.2. The van der Waals surface area contributed by atoms with Gasteiger partial charge in [0.05, 0.1) is 22.2 Å². The molecule has 2 fully saturated rings. The van der Waals surface area contributed by atoms with Crippen LogP contribution in [0.5, 0.6) is 0 Å². The fraction of sp³-hybridized carbons (Fsp3) is 0.333. The maximum absolute atomic E-state index is 11.6. The number of amides is 2. The number of aromatic nitrogens is 2. The van der Waals surface area contributed by atoms with Crippen LogP contribution in [0, 0.1) is 0 Å². The monoisotopic (exact) mass is 860 g/mol. The molecule has 4 aliphatic rings. The van der Waals surface area contributed by atoms with Crippen LogP contribution in [0.15, 0.2) is 72.8 Å². The predicted molar refractivity (Wildman–Crippen MR) is 239 cm³/mol. The van der Waals surface area contributed by atoms with E-state index in [1.807, 2.05) is 12.1 Å². The first-order chi connectivity index (χ1) is 27.8. The Morgan fingerprint density at radius 2 is 1.12 bits per heavy atom. The van der Waals surface area contributed by atoms with Crippen molar-refractivity contribution in [2.75, 3.05) is 85.2 Å². The Morgan fingerprint density at radius 3 is 1.65 bits per heavy atom. The Hall–Kier alpha value is -4.01. The molecule has 10 nitrogen and oxygen atoms in total. The number of nitrogens with zero attached hydrogens (tertiary/aromatic N) is 5. The van der Waals surface area contributed by atoms with Crippen LogP contribution in [-0.4, -0.2) is 90.2 Å². The van der Waals surface area contributed by atoms with E-state index in [4.69, 9.17) is 34.8 Å². The quantitative estimate of drug-likeness (QED) is 0.138. The molecule has 2 amide bonds. The Kier molecular flexibility index (Phi) is 12.8. The van der Waals surface area contributed by atoms with Crippen LogP contribution < -0.4 is 25.8 Å². The molecule has 0 spiro atoms. The summed E-state index contributed by atoms with van der Waals surface area (Å²) in [4.78, 5) is 29.9. The van der Waals surface area contributed by atoms with Gasteiger partial charge in [0.2, 0.25) is 11.8 Å². The standard InChI is InChI=1S/C21H21ClN4OS.C11H13N3S.C10H9Cl2NO/c22-17-13-18-15(12-20(27)23-18)11-14(17)5-6-25-7-9-26(10-8-25)21-16-3-1-2-4-19(16)28-24-21;1-2-4-10-9(3-1)11(13-15-10)14-7-5-12-6-8-14;11-2-1-6-3-7-4-10(14)13-9(7)5-8(6)12/h1-4,11,13H,5-10,12H2,(H,23,27);1-4,12H,5-8H2;3,5H,1-2,4H2,(H,13,14). The average molecular weight is 862 g/mol. The van der Waals surface area contributed by atoms with E-state index in [1.54, 1.807) is 29.1 Å². The zero-order valence-corrected chi connectivity index (χ0v) is 35.2. The number of hydrogen-bond donors (Lipinski definition) is 3. The van der Waals surface area contributed by atoms with E-state index in [9.17, 15) is 9.59 Å². The van der Waals surface area contributed by atoms with Crippen molar-refractivity contribution >= 4 is 113 Å². The summed E-state index contributed by atoms with van der Waals surface area (Å²) in [6.07, 6.45) is 2.54. The summed E-state index contributed by atoms with van der Waals surface area (Å²) < 4.78 is 11.8. The fourth-order valence-corrected chi connectivity index (χ4v) is 9.93. The van der Waals surface area contributed by atoms with E-state index in [-0.39, 0.29) is 11.8 Å². The summed E-state index contributed by atoms with van der Waals surface area (Å²) >= 11 is 21.3. The van der Waals surface area contributed by atoms with Crippen molar-refractivity contribution in [3.05, 3.63) is 105 Å². The highest BCUT2D eigenvalue weighted by Crippen LogP contribution is 2.33. The van der Waals surface area contributed by atoms with Gasteiger partial charge in [-0.15, -0.1) is 11.6 Å². The number of anilines is 4. The predicted octanol–water partition coefficient (Wildman–Crippen LogP) is 8.13. The molecule has 2 aromatic heterocycles. The van der Waals surface area contributed by atoms with E-state index < -0.39 is 0 Å². The van der Waals surface area contributed by atoms with Crippen LogP contribution in [0.1, 0.15) is 22.3 Å². The van der Waals surface area contributed by atoms with E-state index in [0.29, 0.717) is 23.7 Å². The van der Waals surface area contributed by atoms with Crippen LogP contribution in [-0.2, 0) is 35.3 Å². The third-order valence-electron chi connectivity index (χ3n) is 10.7. The van der Waals surface area contributed by atoms with E-state index in [0.717, 1.165) is 122 Å². The molecule has 0 radical (unpaired) electrons. The van der Waals surface area contributed by atoms with Gasteiger partial charge in [0, 0.05) is 97.0 Å². The van der Waals surface area contributed by atoms with Crippen LogP contribution in [0.4, 0.5) is 23.0 Å². The van der Waals surface area contributed by atoms with Gasteiger partial charge in [0.25, 0.3) is 0 Å². The molecule has 6 heterocycles. The Labute approximate surface area is 355 Å². The molecule has 0 atom stereocenters. The number of rotatable bonds is 7. The summed E-state index contributed by atoms with van der Waals surface area (Å²) in [6, 6.07) is 24.6. The largest absolute Gasteiger partial charge is 0.353 e. The molecule has 10 rings (SSSR count). The molecule has 57 heavy (non-hydrogen) atoms. The average Bonchev–Trinajstić information content (AvgIpc) is 4.02. The molecule has 4 aromatic carbocycles. The lowest BCUT2D eigenvalue weighted by Gasteiger charge is -2.35. The molecule has 0 bridgehead atoms. The number of nitrogens with one attached hydrogen (secondary N) is 3. The number of carbonyl (C=O) groups is 2. The smallest absolute Gasteiger partial charge is 0.228 e. The van der Waals surface area contributed by atoms with Gasteiger partial charge >= 0.3 is 0 Å². The number of aryl methyl sites for hydroxylation is 1. The van der Waals surface area contributed by atoms with E-state index >= 15 is 0 Å². The zero-order chi connectivity index (χ0) is 39.3. The lowest BCUT2D eigenvalue weighted by atomic mass is 10.1. The SMILES string of the molecule is O=C1Cc2cc(CCCl)c(Cl)cc2N1.O=C1Cc2cc(CCN3CCN(c4nsc5ccccc45)CC3)c(Cl)cc2N1.c1ccc2c(N3CCNCC3)nsc2c1. The normalized spacial score (nSPS) is 16.4. The van der Waals surface area contributed by atoms with Gasteiger partial charge in [0.1, 0.15) is 11.6 Å². The zero-order valence-electron chi connectivity index (χ0n) is 31.3. The van der Waals surface area contributed by atoms with Crippen molar-refractivity contribution in [3.63, 3.8) is 0 Å². The topological polar surface area (TPSA) is 106 Å². The molecule has 15 heteroatoms. The maximum Gasteiger partial charge on any atom is 0.228 e. The number of piperazine rings is 2. The first-order valence-corrected chi connectivity index (χ1v) is 22.1.